The van der Waals surface area contributed by atoms with Gasteiger partial charge in [-0.3, -0.25) is 4.79 Å². The number of carbonyl (C=O) groups is 1. The summed E-state index contributed by atoms with van der Waals surface area (Å²) in [6.45, 7) is 3.67. The van der Waals surface area contributed by atoms with Crippen LogP contribution in [-0.4, -0.2) is 32.0 Å². The Bertz CT molecular complexity index is 777. The van der Waals surface area contributed by atoms with Crippen LogP contribution >= 0.6 is 0 Å². The maximum atomic E-state index is 12.6. The molecule has 5 nitrogen and oxygen atoms in total. The van der Waals surface area contributed by atoms with E-state index in [1.807, 2.05) is 13.0 Å². The molecule has 1 amide bonds. The van der Waals surface area contributed by atoms with E-state index in [1.165, 1.54) is 17.0 Å². The highest BCUT2D eigenvalue weighted by molar-refractivity contribution is 7.91. The predicted molar refractivity (Wildman–Crippen MR) is 83.4 cm³/mol. The minimum atomic E-state index is -3.45. The van der Waals surface area contributed by atoms with E-state index in [-0.39, 0.29) is 28.7 Å². The standard InChI is InChI=1S/C16H19NO4S/c1-4-22(19,20)15-8-6-5-7-14(15)16(18)17(3)11-13-10-9-12(2)21-13/h5-10H,4,11H2,1-3H3. The van der Waals surface area contributed by atoms with Crippen molar-refractivity contribution in [3.63, 3.8) is 0 Å². The smallest absolute Gasteiger partial charge is 0.255 e. The van der Waals surface area contributed by atoms with Crippen LogP contribution in [0, 0.1) is 6.92 Å². The van der Waals surface area contributed by atoms with Gasteiger partial charge in [0.2, 0.25) is 0 Å². The Kier molecular flexibility index (Phi) is 4.71. The first-order valence-corrected chi connectivity index (χ1v) is 8.63. The maximum Gasteiger partial charge on any atom is 0.255 e. The van der Waals surface area contributed by atoms with E-state index < -0.39 is 9.84 Å². The molecule has 0 fully saturated rings. The van der Waals surface area contributed by atoms with Crippen molar-refractivity contribution in [1.82, 2.24) is 4.90 Å². The van der Waals surface area contributed by atoms with E-state index in [4.69, 9.17) is 4.42 Å². The molecule has 0 aliphatic carbocycles. The molecule has 6 heteroatoms. The summed E-state index contributed by atoms with van der Waals surface area (Å²) in [5, 5.41) is 0. The van der Waals surface area contributed by atoms with E-state index in [0.29, 0.717) is 5.76 Å². The molecule has 0 saturated carbocycles. The zero-order chi connectivity index (χ0) is 16.3. The average molecular weight is 321 g/mol. The molecule has 22 heavy (non-hydrogen) atoms. The van der Waals surface area contributed by atoms with Gasteiger partial charge in [0.25, 0.3) is 5.91 Å². The third-order valence-electron chi connectivity index (χ3n) is 3.37. The Morgan fingerprint density at radius 1 is 1.18 bits per heavy atom. The SMILES string of the molecule is CCS(=O)(=O)c1ccccc1C(=O)N(C)Cc1ccc(C)o1. The van der Waals surface area contributed by atoms with Crippen molar-refractivity contribution >= 4 is 15.7 Å². The molecule has 0 saturated heterocycles. The molecule has 2 rings (SSSR count). The largest absolute Gasteiger partial charge is 0.464 e. The summed E-state index contributed by atoms with van der Waals surface area (Å²) in [5.74, 6) is 1.04. The van der Waals surface area contributed by atoms with Crippen molar-refractivity contribution in [2.45, 2.75) is 25.3 Å². The zero-order valence-electron chi connectivity index (χ0n) is 12.9. The van der Waals surface area contributed by atoms with Crippen LogP contribution in [0.3, 0.4) is 0 Å². The highest BCUT2D eigenvalue weighted by Crippen LogP contribution is 2.19. The molecule has 0 aliphatic rings. The summed E-state index contributed by atoms with van der Waals surface area (Å²) in [6, 6.07) is 9.91. The lowest BCUT2D eigenvalue weighted by Gasteiger charge is -2.17. The van der Waals surface area contributed by atoms with Gasteiger partial charge < -0.3 is 9.32 Å². The minimum absolute atomic E-state index is 0.0433. The van der Waals surface area contributed by atoms with E-state index in [2.05, 4.69) is 0 Å². The number of rotatable bonds is 5. The van der Waals surface area contributed by atoms with E-state index in [0.717, 1.165) is 5.76 Å². The molecule has 0 bridgehead atoms. The van der Waals surface area contributed by atoms with Crippen molar-refractivity contribution in [2.75, 3.05) is 12.8 Å². The fraction of sp³-hybridized carbons (Fsp3) is 0.312. The van der Waals surface area contributed by atoms with Gasteiger partial charge in [0, 0.05) is 7.05 Å². The molecule has 1 heterocycles. The quantitative estimate of drug-likeness (QED) is 0.849. The summed E-state index contributed by atoms with van der Waals surface area (Å²) in [5.41, 5.74) is 0.190. The third-order valence-corrected chi connectivity index (χ3v) is 5.15. The van der Waals surface area contributed by atoms with Crippen LogP contribution in [0.15, 0.2) is 45.7 Å². The Morgan fingerprint density at radius 2 is 1.86 bits per heavy atom. The van der Waals surface area contributed by atoms with Gasteiger partial charge in [-0.25, -0.2) is 8.42 Å². The van der Waals surface area contributed by atoms with Crippen LogP contribution in [0.5, 0.6) is 0 Å². The molecule has 0 spiro atoms. The Labute approximate surface area is 130 Å². The first-order chi connectivity index (χ1) is 10.3. The Hall–Kier alpha value is -2.08. The average Bonchev–Trinajstić information content (AvgIpc) is 2.91. The molecule has 0 radical (unpaired) electrons. The number of aryl methyl sites for hydroxylation is 1. The summed E-state index contributed by atoms with van der Waals surface area (Å²) >= 11 is 0. The van der Waals surface area contributed by atoms with Gasteiger partial charge in [0.1, 0.15) is 11.5 Å². The van der Waals surface area contributed by atoms with Crippen molar-refractivity contribution in [3.05, 3.63) is 53.5 Å². The van der Waals surface area contributed by atoms with Crippen LogP contribution < -0.4 is 0 Å². The Balaban J connectivity index is 2.30. The molecule has 0 unspecified atom stereocenters. The number of hydrogen-bond acceptors (Lipinski definition) is 4. The number of nitrogens with zero attached hydrogens (tertiary/aromatic N) is 1. The van der Waals surface area contributed by atoms with Gasteiger partial charge >= 0.3 is 0 Å². The van der Waals surface area contributed by atoms with E-state index in [9.17, 15) is 13.2 Å². The van der Waals surface area contributed by atoms with Gasteiger partial charge in [-0.1, -0.05) is 19.1 Å². The Morgan fingerprint density at radius 3 is 2.45 bits per heavy atom. The number of benzene rings is 1. The molecule has 1 aromatic heterocycles. The first kappa shape index (κ1) is 16.3. The van der Waals surface area contributed by atoms with Gasteiger partial charge in [-0.2, -0.15) is 0 Å². The fourth-order valence-electron chi connectivity index (χ4n) is 2.15. The lowest BCUT2D eigenvalue weighted by atomic mass is 10.2. The monoisotopic (exact) mass is 321 g/mol. The molecule has 1 aromatic carbocycles. The first-order valence-electron chi connectivity index (χ1n) is 6.97. The number of furan rings is 1. The number of amides is 1. The molecular weight excluding hydrogens is 302 g/mol. The van der Waals surface area contributed by atoms with Gasteiger partial charge in [0.05, 0.1) is 22.8 Å². The second-order valence-electron chi connectivity index (χ2n) is 5.07. The number of hydrogen-bond donors (Lipinski definition) is 0. The molecule has 0 aliphatic heterocycles. The van der Waals surface area contributed by atoms with Gasteiger partial charge in [-0.15, -0.1) is 0 Å². The molecular formula is C16H19NO4S. The van der Waals surface area contributed by atoms with Crippen LogP contribution in [0.25, 0.3) is 0 Å². The number of sulfone groups is 1. The molecule has 118 valence electrons. The lowest BCUT2D eigenvalue weighted by molar-refractivity contribution is 0.0771. The maximum absolute atomic E-state index is 12.6. The van der Waals surface area contributed by atoms with Crippen LogP contribution in [-0.2, 0) is 16.4 Å². The van der Waals surface area contributed by atoms with Crippen molar-refractivity contribution in [3.8, 4) is 0 Å². The normalized spacial score (nSPS) is 11.4. The third kappa shape index (κ3) is 3.39. The van der Waals surface area contributed by atoms with Crippen LogP contribution in [0.2, 0.25) is 0 Å². The summed E-state index contributed by atoms with van der Waals surface area (Å²) in [4.78, 5) is 14.1. The topological polar surface area (TPSA) is 67.6 Å². The van der Waals surface area contributed by atoms with Gasteiger partial charge in [-0.05, 0) is 31.2 Å². The van der Waals surface area contributed by atoms with Crippen LogP contribution in [0.1, 0.15) is 28.8 Å². The van der Waals surface area contributed by atoms with Crippen molar-refractivity contribution in [2.24, 2.45) is 0 Å². The second-order valence-corrected chi connectivity index (χ2v) is 7.32. The number of carbonyl (C=O) groups excluding carboxylic acids is 1. The summed E-state index contributed by atoms with van der Waals surface area (Å²) in [6.07, 6.45) is 0. The second kappa shape index (κ2) is 6.36. The molecule has 2 aromatic rings. The lowest BCUT2D eigenvalue weighted by Crippen LogP contribution is -2.27. The van der Waals surface area contributed by atoms with E-state index in [1.54, 1.807) is 32.2 Å². The van der Waals surface area contributed by atoms with Gasteiger partial charge in [0.15, 0.2) is 9.84 Å². The fourth-order valence-corrected chi connectivity index (χ4v) is 3.24. The minimum Gasteiger partial charge on any atom is -0.464 e. The summed E-state index contributed by atoms with van der Waals surface area (Å²) < 4.78 is 29.7. The van der Waals surface area contributed by atoms with Crippen molar-refractivity contribution in [1.29, 1.82) is 0 Å². The summed E-state index contributed by atoms with van der Waals surface area (Å²) in [7, 11) is -1.83. The predicted octanol–water partition coefficient (Wildman–Crippen LogP) is 2.65. The molecule has 0 N–H and O–H groups in total. The van der Waals surface area contributed by atoms with Crippen molar-refractivity contribution < 1.29 is 17.6 Å². The van der Waals surface area contributed by atoms with E-state index >= 15 is 0 Å². The van der Waals surface area contributed by atoms with Crippen LogP contribution in [0.4, 0.5) is 0 Å². The highest BCUT2D eigenvalue weighted by atomic mass is 32.2. The highest BCUT2D eigenvalue weighted by Gasteiger charge is 2.23. The molecule has 0 atom stereocenters. The zero-order valence-corrected chi connectivity index (χ0v) is 13.7.